The summed E-state index contributed by atoms with van der Waals surface area (Å²) in [6.07, 6.45) is 0. The Hall–Kier alpha value is -0.770. The summed E-state index contributed by atoms with van der Waals surface area (Å²) in [6, 6.07) is 2.71. The summed E-state index contributed by atoms with van der Waals surface area (Å²) in [5.74, 6) is 0.124. The van der Waals surface area contributed by atoms with Crippen LogP contribution in [0.2, 0.25) is 5.02 Å². The molecule has 0 aliphatic rings. The average Bonchev–Trinajstić information content (AvgIpc) is 2.18. The van der Waals surface area contributed by atoms with Crippen molar-refractivity contribution in [2.24, 2.45) is 5.73 Å². The maximum atomic E-state index is 10.1. The van der Waals surface area contributed by atoms with Gasteiger partial charge < -0.3 is 15.9 Å². The molecule has 0 fully saturated rings. The van der Waals surface area contributed by atoms with E-state index in [4.69, 9.17) is 22.4 Å². The maximum absolute atomic E-state index is 10.1. The summed E-state index contributed by atoms with van der Waals surface area (Å²) in [5.41, 5.74) is 6.71. The molecule has 1 rings (SSSR count). The first-order valence-corrected chi connectivity index (χ1v) is 5.54. The summed E-state index contributed by atoms with van der Waals surface area (Å²) in [6.45, 7) is 5.71. The smallest absolute Gasteiger partial charge is 0.124 e. The van der Waals surface area contributed by atoms with Crippen molar-refractivity contribution in [1.82, 2.24) is 0 Å². The lowest BCUT2D eigenvalue weighted by molar-refractivity contribution is 0.265. The number of rotatable bonds is 2. The topological polar surface area (TPSA) is 66.5 Å². The Labute approximate surface area is 101 Å². The molecule has 0 radical (unpaired) electrons. The van der Waals surface area contributed by atoms with Crippen LogP contribution in [0.15, 0.2) is 12.1 Å². The standard InChI is InChI=1S/C12H18ClNO2/c1-12(2,3)9-5-7(13)4-8(11(9)16)10(14)6-15/h4-5,10,15-16H,6,14H2,1-3H3. The van der Waals surface area contributed by atoms with E-state index in [1.807, 2.05) is 20.8 Å². The van der Waals surface area contributed by atoms with E-state index >= 15 is 0 Å². The molecule has 0 aliphatic carbocycles. The number of nitrogens with two attached hydrogens (primary N) is 1. The number of hydrogen-bond acceptors (Lipinski definition) is 3. The van der Waals surface area contributed by atoms with Gasteiger partial charge in [-0.05, 0) is 17.5 Å². The number of hydrogen-bond donors (Lipinski definition) is 3. The number of aliphatic hydroxyl groups is 1. The predicted molar refractivity (Wildman–Crippen MR) is 65.8 cm³/mol. The zero-order valence-corrected chi connectivity index (χ0v) is 10.5. The molecule has 90 valence electrons. The number of phenolic OH excluding ortho intramolecular Hbond substituents is 1. The van der Waals surface area contributed by atoms with E-state index in [0.29, 0.717) is 10.6 Å². The normalized spacial score (nSPS) is 13.9. The second kappa shape index (κ2) is 4.62. The highest BCUT2D eigenvalue weighted by Crippen LogP contribution is 2.37. The Kier molecular flexibility index (Phi) is 3.84. The minimum Gasteiger partial charge on any atom is -0.507 e. The van der Waals surface area contributed by atoms with Crippen LogP contribution in [0.5, 0.6) is 5.75 Å². The molecule has 1 aromatic rings. The summed E-state index contributed by atoms with van der Waals surface area (Å²) in [7, 11) is 0. The van der Waals surface area contributed by atoms with Crippen LogP contribution in [0.3, 0.4) is 0 Å². The first-order valence-electron chi connectivity index (χ1n) is 5.16. The fraction of sp³-hybridized carbons (Fsp3) is 0.500. The average molecular weight is 244 g/mol. The van der Waals surface area contributed by atoms with Crippen molar-refractivity contribution in [3.8, 4) is 5.75 Å². The van der Waals surface area contributed by atoms with Crippen molar-refractivity contribution < 1.29 is 10.2 Å². The van der Waals surface area contributed by atoms with Crippen LogP contribution in [-0.4, -0.2) is 16.8 Å². The summed E-state index contributed by atoms with van der Waals surface area (Å²) in [4.78, 5) is 0. The molecule has 0 amide bonds. The van der Waals surface area contributed by atoms with Crippen LogP contribution in [0.1, 0.15) is 37.9 Å². The fourth-order valence-electron chi connectivity index (χ4n) is 1.57. The van der Waals surface area contributed by atoms with Gasteiger partial charge in [0.15, 0.2) is 0 Å². The van der Waals surface area contributed by atoms with Crippen molar-refractivity contribution in [1.29, 1.82) is 0 Å². The van der Waals surface area contributed by atoms with Crippen molar-refractivity contribution in [2.75, 3.05) is 6.61 Å². The van der Waals surface area contributed by atoms with E-state index in [9.17, 15) is 5.11 Å². The number of phenols is 1. The van der Waals surface area contributed by atoms with Gasteiger partial charge in [-0.3, -0.25) is 0 Å². The monoisotopic (exact) mass is 243 g/mol. The Balaban J connectivity index is 3.38. The van der Waals surface area contributed by atoms with Crippen LogP contribution < -0.4 is 5.73 Å². The van der Waals surface area contributed by atoms with Gasteiger partial charge in [-0.1, -0.05) is 32.4 Å². The molecule has 1 unspecified atom stereocenters. The quantitative estimate of drug-likeness (QED) is 0.747. The third-order valence-corrected chi connectivity index (χ3v) is 2.73. The van der Waals surface area contributed by atoms with Crippen molar-refractivity contribution in [3.05, 3.63) is 28.3 Å². The Morgan fingerprint density at radius 2 is 1.94 bits per heavy atom. The van der Waals surface area contributed by atoms with Gasteiger partial charge in [-0.2, -0.15) is 0 Å². The highest BCUT2D eigenvalue weighted by Gasteiger charge is 2.23. The lowest BCUT2D eigenvalue weighted by atomic mass is 9.84. The first kappa shape index (κ1) is 13.3. The molecule has 1 aromatic carbocycles. The SMILES string of the molecule is CC(C)(C)c1cc(Cl)cc(C(N)CO)c1O. The zero-order valence-electron chi connectivity index (χ0n) is 9.79. The van der Waals surface area contributed by atoms with Gasteiger partial charge in [0.25, 0.3) is 0 Å². The molecule has 0 bridgehead atoms. The highest BCUT2D eigenvalue weighted by molar-refractivity contribution is 6.30. The minimum atomic E-state index is -0.611. The Morgan fingerprint density at radius 3 is 2.38 bits per heavy atom. The third-order valence-electron chi connectivity index (χ3n) is 2.51. The number of benzene rings is 1. The molecule has 0 aliphatic heterocycles. The number of halogens is 1. The van der Waals surface area contributed by atoms with E-state index in [-0.39, 0.29) is 17.8 Å². The van der Waals surface area contributed by atoms with Gasteiger partial charge in [-0.25, -0.2) is 0 Å². The fourth-order valence-corrected chi connectivity index (χ4v) is 1.80. The molecule has 0 heterocycles. The van der Waals surface area contributed by atoms with E-state index in [0.717, 1.165) is 5.56 Å². The first-order chi connectivity index (χ1) is 7.27. The Morgan fingerprint density at radius 1 is 1.38 bits per heavy atom. The van der Waals surface area contributed by atoms with Gasteiger partial charge in [0, 0.05) is 16.1 Å². The van der Waals surface area contributed by atoms with Crippen molar-refractivity contribution in [3.63, 3.8) is 0 Å². The third kappa shape index (κ3) is 2.67. The molecule has 3 nitrogen and oxygen atoms in total. The molecule has 0 saturated carbocycles. The summed E-state index contributed by atoms with van der Waals surface area (Å²) < 4.78 is 0. The number of aliphatic hydroxyl groups excluding tert-OH is 1. The largest absolute Gasteiger partial charge is 0.507 e. The van der Waals surface area contributed by atoms with Crippen molar-refractivity contribution >= 4 is 11.6 Å². The molecular weight excluding hydrogens is 226 g/mol. The lowest BCUT2D eigenvalue weighted by Gasteiger charge is -2.23. The van der Waals surface area contributed by atoms with Crippen LogP contribution in [0, 0.1) is 0 Å². The van der Waals surface area contributed by atoms with E-state index in [1.165, 1.54) is 0 Å². The van der Waals surface area contributed by atoms with Crippen LogP contribution in [0.25, 0.3) is 0 Å². The zero-order chi connectivity index (χ0) is 12.5. The lowest BCUT2D eigenvalue weighted by Crippen LogP contribution is -2.18. The Bertz CT molecular complexity index is 385. The van der Waals surface area contributed by atoms with Crippen LogP contribution >= 0.6 is 11.6 Å². The van der Waals surface area contributed by atoms with Gasteiger partial charge in [-0.15, -0.1) is 0 Å². The summed E-state index contributed by atoms with van der Waals surface area (Å²) in [5, 5.41) is 19.6. The van der Waals surface area contributed by atoms with Gasteiger partial charge >= 0.3 is 0 Å². The summed E-state index contributed by atoms with van der Waals surface area (Å²) >= 11 is 5.98. The van der Waals surface area contributed by atoms with Gasteiger partial charge in [0.05, 0.1) is 12.6 Å². The predicted octanol–water partition coefficient (Wildman–Crippen LogP) is 2.34. The van der Waals surface area contributed by atoms with E-state index in [2.05, 4.69) is 0 Å². The van der Waals surface area contributed by atoms with Gasteiger partial charge in [0.1, 0.15) is 5.75 Å². The van der Waals surface area contributed by atoms with E-state index < -0.39 is 6.04 Å². The van der Waals surface area contributed by atoms with Crippen molar-refractivity contribution in [2.45, 2.75) is 32.2 Å². The molecule has 16 heavy (non-hydrogen) atoms. The molecule has 0 spiro atoms. The second-order valence-corrected chi connectivity index (χ2v) is 5.37. The van der Waals surface area contributed by atoms with Gasteiger partial charge in [0.2, 0.25) is 0 Å². The van der Waals surface area contributed by atoms with Crippen LogP contribution in [0.4, 0.5) is 0 Å². The number of aromatic hydroxyl groups is 1. The molecular formula is C12H18ClNO2. The maximum Gasteiger partial charge on any atom is 0.124 e. The molecule has 4 N–H and O–H groups in total. The highest BCUT2D eigenvalue weighted by atomic mass is 35.5. The molecule has 0 saturated heterocycles. The molecule has 0 aromatic heterocycles. The minimum absolute atomic E-state index is 0.124. The van der Waals surface area contributed by atoms with Crippen LogP contribution in [-0.2, 0) is 5.41 Å². The second-order valence-electron chi connectivity index (χ2n) is 4.93. The molecule has 1 atom stereocenters. The van der Waals surface area contributed by atoms with E-state index in [1.54, 1.807) is 12.1 Å². The molecule has 4 heteroatoms.